The average molecular weight is 444 g/mol. The van der Waals surface area contributed by atoms with Crippen LogP contribution in [0.1, 0.15) is 10.4 Å². The number of anilines is 1. The van der Waals surface area contributed by atoms with Gasteiger partial charge in [-0.15, -0.1) is 0 Å². The Kier molecular flexibility index (Phi) is 7.58. The molecule has 0 atom stereocenters. The summed E-state index contributed by atoms with van der Waals surface area (Å²) in [6.45, 7) is -0.441. The number of carbonyl (C=O) groups is 1. The summed E-state index contributed by atoms with van der Waals surface area (Å²) in [5, 5.41) is 21.8. The molecule has 1 aromatic heterocycles. The Morgan fingerprint density at radius 3 is 2.38 bits per heavy atom. The second kappa shape index (κ2) is 9.36. The topological polar surface area (TPSA) is 120 Å². The third-order valence-corrected chi connectivity index (χ3v) is 5.44. The van der Waals surface area contributed by atoms with Gasteiger partial charge in [0.1, 0.15) is 17.1 Å². The summed E-state index contributed by atoms with van der Waals surface area (Å²) >= 11 is 0. The molecule has 0 radical (unpaired) electrons. The summed E-state index contributed by atoms with van der Waals surface area (Å²) in [7, 11) is -2.10. The molecule has 1 amide bonds. The molecule has 0 aliphatic heterocycles. The molecule has 8 nitrogen and oxygen atoms in total. The summed E-state index contributed by atoms with van der Waals surface area (Å²) in [6, 6.07) is 10.9. The molecule has 29 heavy (non-hydrogen) atoms. The van der Waals surface area contributed by atoms with E-state index in [0.717, 1.165) is 10.6 Å². The molecule has 0 spiro atoms. The second-order valence-corrected chi connectivity index (χ2v) is 8.08. The number of hydrogen-bond donors (Lipinski definition) is 3. The first-order valence-electron chi connectivity index (χ1n) is 8.43. The molecule has 2 aromatic carbocycles. The van der Waals surface area contributed by atoms with E-state index in [1.165, 1.54) is 25.2 Å². The molecular formula is C19H20ArN2O6S. The van der Waals surface area contributed by atoms with Gasteiger partial charge < -0.3 is 19.9 Å². The summed E-state index contributed by atoms with van der Waals surface area (Å²) in [6.07, 6.45) is 1.05. The van der Waals surface area contributed by atoms with Crippen molar-refractivity contribution in [3.63, 3.8) is 0 Å². The third-order valence-electron chi connectivity index (χ3n) is 4.25. The third kappa shape index (κ3) is 4.87. The quantitative estimate of drug-likeness (QED) is 0.534. The minimum absolute atomic E-state index is 0. The summed E-state index contributed by atoms with van der Waals surface area (Å²) in [4.78, 5) is 12.5. The summed E-state index contributed by atoms with van der Waals surface area (Å²) in [5.41, 5.74) is 1.54. The molecule has 0 fully saturated rings. The number of benzene rings is 2. The predicted molar refractivity (Wildman–Crippen MR) is 106 cm³/mol. The number of sulfonamides is 1. The van der Waals surface area contributed by atoms with Crippen molar-refractivity contribution in [2.75, 3.05) is 30.8 Å². The van der Waals surface area contributed by atoms with Crippen molar-refractivity contribution in [2.24, 2.45) is 0 Å². The number of amides is 1. The van der Waals surface area contributed by atoms with Crippen LogP contribution >= 0.6 is 0 Å². The molecule has 0 bridgehead atoms. The van der Waals surface area contributed by atoms with E-state index in [1.54, 1.807) is 24.3 Å². The molecule has 3 rings (SSSR count). The number of phenolic OH excluding ortho intramolecular Hbond substituents is 1. The van der Waals surface area contributed by atoms with E-state index in [2.05, 4.69) is 5.32 Å². The fraction of sp³-hybridized carbons (Fsp3) is 0.211. The Hall–Kier alpha value is -1.78. The van der Waals surface area contributed by atoms with Crippen molar-refractivity contribution in [3.05, 3.63) is 48.0 Å². The van der Waals surface area contributed by atoms with Crippen molar-refractivity contribution in [3.8, 4) is 17.1 Å². The molecule has 3 N–H and O–H groups in total. The zero-order valence-corrected chi connectivity index (χ0v) is 17.2. The van der Waals surface area contributed by atoms with Crippen molar-refractivity contribution < 1.29 is 65.6 Å². The van der Waals surface area contributed by atoms with Gasteiger partial charge in [0.25, 0.3) is 5.91 Å². The number of nitrogens with zero attached hydrogens (tertiary/aromatic N) is 1. The van der Waals surface area contributed by atoms with Crippen LogP contribution in [0, 0.1) is 37.7 Å². The second-order valence-electron chi connectivity index (χ2n) is 6.17. The van der Waals surface area contributed by atoms with Gasteiger partial charge in [0.2, 0.25) is 10.0 Å². The van der Waals surface area contributed by atoms with Crippen molar-refractivity contribution >= 4 is 32.6 Å². The summed E-state index contributed by atoms with van der Waals surface area (Å²) in [5.74, 6) is 0.0286. The number of carbonyl (C=O) groups excluding carboxylic acids is 1. The normalized spacial score (nSPS) is 11.1. The molecule has 3 aromatic rings. The monoisotopic (exact) mass is 444 g/mol. The zero-order chi connectivity index (χ0) is 20.5. The van der Waals surface area contributed by atoms with Gasteiger partial charge in [0, 0.05) is 61.8 Å². The first kappa shape index (κ1) is 23.5. The fourth-order valence-corrected chi connectivity index (χ4v) is 3.89. The molecule has 0 unspecified atom stereocenters. The average Bonchev–Trinajstić information content (AvgIpc) is 3.03. The van der Waals surface area contributed by atoms with Crippen molar-refractivity contribution in [1.82, 2.24) is 5.32 Å². The van der Waals surface area contributed by atoms with E-state index in [9.17, 15) is 23.4 Å². The van der Waals surface area contributed by atoms with Gasteiger partial charge in [-0.1, -0.05) is 0 Å². The molecule has 0 aliphatic carbocycles. The van der Waals surface area contributed by atoms with Gasteiger partial charge >= 0.3 is 0 Å². The first-order chi connectivity index (χ1) is 13.3. The zero-order valence-electron chi connectivity index (χ0n) is 15.7. The Bertz CT molecular complexity index is 1130. The number of fused-ring (bicyclic) bond motifs is 1. The van der Waals surface area contributed by atoms with Crippen LogP contribution in [0.15, 0.2) is 46.9 Å². The maximum absolute atomic E-state index is 12.5. The molecular weight excluding hydrogens is 424 g/mol. The number of hydrogen-bond acceptors (Lipinski definition) is 6. The molecule has 0 aliphatic rings. The fourth-order valence-electron chi connectivity index (χ4n) is 2.98. The van der Waals surface area contributed by atoms with Gasteiger partial charge in [0.15, 0.2) is 0 Å². The number of nitrogens with one attached hydrogen (secondary N) is 1. The Morgan fingerprint density at radius 1 is 1.17 bits per heavy atom. The largest absolute Gasteiger partial charge is 0.508 e. The van der Waals surface area contributed by atoms with E-state index in [0.29, 0.717) is 33.5 Å². The van der Waals surface area contributed by atoms with Crippen LogP contribution < -0.4 is 9.62 Å². The Balaban J connectivity index is 0.00000300. The van der Waals surface area contributed by atoms with Gasteiger partial charge in [-0.3, -0.25) is 9.10 Å². The minimum Gasteiger partial charge on any atom is -0.508 e. The number of furan rings is 1. The Labute approximate surface area is 198 Å². The predicted octanol–water partition coefficient (Wildman–Crippen LogP) is 1.92. The van der Waals surface area contributed by atoms with Crippen LogP contribution in [0.3, 0.4) is 0 Å². The number of aliphatic hydroxyl groups is 1. The van der Waals surface area contributed by atoms with Gasteiger partial charge in [-0.25, -0.2) is 8.42 Å². The maximum atomic E-state index is 12.5. The van der Waals surface area contributed by atoms with E-state index in [-0.39, 0.29) is 62.5 Å². The molecule has 0 saturated carbocycles. The van der Waals surface area contributed by atoms with Crippen LogP contribution in [0.25, 0.3) is 22.3 Å². The molecule has 10 heteroatoms. The Morgan fingerprint density at radius 2 is 1.83 bits per heavy atom. The van der Waals surface area contributed by atoms with Crippen LogP contribution in [0.4, 0.5) is 5.69 Å². The van der Waals surface area contributed by atoms with Crippen LogP contribution in [-0.2, 0) is 10.0 Å². The summed E-state index contributed by atoms with van der Waals surface area (Å²) < 4.78 is 31.0. The van der Waals surface area contributed by atoms with Gasteiger partial charge in [-0.05, 0) is 36.4 Å². The number of phenols is 1. The standard InChI is InChI=1S/C19H20N2O6S.Ar/c1-20-19(24)17-15-8-5-13(21(9-10-22)28(2,25)26)11-16(15)27-18(17)12-3-6-14(23)7-4-12;/h3-8,11,22-23H,9-10H2,1-2H3,(H,20,24);. The minimum atomic E-state index is -3.61. The molecule has 156 valence electrons. The number of aromatic hydroxyl groups is 1. The van der Waals surface area contributed by atoms with Gasteiger partial charge in [0.05, 0.1) is 30.7 Å². The van der Waals surface area contributed by atoms with E-state index < -0.39 is 10.0 Å². The van der Waals surface area contributed by atoms with Crippen LogP contribution in [-0.4, -0.2) is 51.0 Å². The SMILES string of the molecule is CNC(=O)c1c(-c2ccc(O)cc2)oc2cc(N(CCO)S(C)(=O)=O)ccc12.[Ar]. The van der Waals surface area contributed by atoms with Crippen LogP contribution in [0.2, 0.25) is 0 Å². The van der Waals surface area contributed by atoms with E-state index in [1.807, 2.05) is 0 Å². The smallest absolute Gasteiger partial charge is 0.255 e. The van der Waals surface area contributed by atoms with Crippen LogP contribution in [0.5, 0.6) is 5.75 Å². The van der Waals surface area contributed by atoms with Gasteiger partial charge in [-0.2, -0.15) is 0 Å². The maximum Gasteiger partial charge on any atom is 0.255 e. The first-order valence-corrected chi connectivity index (χ1v) is 10.3. The number of rotatable bonds is 6. The van der Waals surface area contributed by atoms with E-state index in [4.69, 9.17) is 4.42 Å². The number of aliphatic hydroxyl groups excluding tert-OH is 1. The molecule has 1 heterocycles. The van der Waals surface area contributed by atoms with E-state index >= 15 is 0 Å². The van der Waals surface area contributed by atoms with Crippen molar-refractivity contribution in [2.45, 2.75) is 0 Å². The molecule has 0 saturated heterocycles. The van der Waals surface area contributed by atoms with Crippen molar-refractivity contribution in [1.29, 1.82) is 0 Å².